The molecule has 1 aliphatic carbocycles. The highest BCUT2D eigenvalue weighted by Crippen LogP contribution is 2.32. The van der Waals surface area contributed by atoms with Crippen LogP contribution in [0.4, 0.5) is 0 Å². The normalized spacial score (nSPS) is 23.0. The summed E-state index contributed by atoms with van der Waals surface area (Å²) in [6, 6.07) is 6.87. The molecule has 3 rings (SSSR count). The van der Waals surface area contributed by atoms with E-state index in [4.69, 9.17) is 14.2 Å². The third kappa shape index (κ3) is 7.30. The van der Waals surface area contributed by atoms with Crippen LogP contribution in [-0.4, -0.2) is 82.5 Å². The van der Waals surface area contributed by atoms with Crippen LogP contribution >= 0.6 is 35.7 Å². The van der Waals surface area contributed by atoms with Gasteiger partial charge < -0.3 is 24.8 Å². The van der Waals surface area contributed by atoms with Gasteiger partial charge in [0, 0.05) is 38.0 Å². The van der Waals surface area contributed by atoms with Crippen molar-refractivity contribution in [3.63, 3.8) is 0 Å². The van der Waals surface area contributed by atoms with Crippen molar-refractivity contribution in [3.05, 3.63) is 23.8 Å². The average Bonchev–Trinajstić information content (AvgIpc) is 3.26. The monoisotopic (exact) mass is 564 g/mol. The molecular formula is C22H37IN4O3S. The van der Waals surface area contributed by atoms with Gasteiger partial charge in [-0.25, -0.2) is 0 Å². The fourth-order valence-electron chi connectivity index (χ4n) is 4.27. The van der Waals surface area contributed by atoms with Crippen molar-refractivity contribution in [1.82, 2.24) is 15.5 Å². The molecule has 0 amide bonds. The molecule has 0 spiro atoms. The van der Waals surface area contributed by atoms with E-state index in [1.807, 2.05) is 24.9 Å². The first-order valence-corrected chi connectivity index (χ1v) is 12.0. The molecule has 3 atom stereocenters. The van der Waals surface area contributed by atoms with Crippen molar-refractivity contribution in [2.75, 3.05) is 60.4 Å². The zero-order valence-corrected chi connectivity index (χ0v) is 22.2. The van der Waals surface area contributed by atoms with E-state index in [9.17, 15) is 0 Å². The molecule has 1 aromatic carbocycles. The highest BCUT2D eigenvalue weighted by atomic mass is 127. The highest BCUT2D eigenvalue weighted by molar-refractivity contribution is 14.0. The van der Waals surface area contributed by atoms with Crippen molar-refractivity contribution in [1.29, 1.82) is 0 Å². The van der Waals surface area contributed by atoms with Gasteiger partial charge in [-0.3, -0.25) is 9.89 Å². The summed E-state index contributed by atoms with van der Waals surface area (Å²) in [5.41, 5.74) is 1.20. The van der Waals surface area contributed by atoms with Gasteiger partial charge in [0.2, 0.25) is 0 Å². The molecule has 9 heteroatoms. The number of guanidine groups is 1. The lowest BCUT2D eigenvalue weighted by atomic mass is 10.0. The Morgan fingerprint density at radius 3 is 2.58 bits per heavy atom. The van der Waals surface area contributed by atoms with Crippen LogP contribution in [0, 0.1) is 0 Å². The number of methoxy groups -OCH3 is 2. The Hall–Kier alpha value is -0.910. The number of morpholine rings is 1. The molecule has 2 aliphatic rings. The second-order valence-electron chi connectivity index (χ2n) is 7.74. The maximum Gasteiger partial charge on any atom is 0.191 e. The minimum atomic E-state index is 0. The van der Waals surface area contributed by atoms with Crippen molar-refractivity contribution >= 4 is 41.7 Å². The third-order valence-electron chi connectivity index (χ3n) is 6.02. The lowest BCUT2D eigenvalue weighted by Gasteiger charge is -2.35. The maximum absolute atomic E-state index is 5.58. The minimum Gasteiger partial charge on any atom is -0.493 e. The number of thioether (sulfide) groups is 1. The highest BCUT2D eigenvalue weighted by Gasteiger charge is 2.26. The number of nitrogens with zero attached hydrogens (tertiary/aromatic N) is 2. The Labute approximate surface area is 208 Å². The zero-order valence-electron chi connectivity index (χ0n) is 19.1. The van der Waals surface area contributed by atoms with Crippen LogP contribution in [0.5, 0.6) is 11.5 Å². The van der Waals surface area contributed by atoms with Gasteiger partial charge in [0.15, 0.2) is 17.5 Å². The summed E-state index contributed by atoms with van der Waals surface area (Å²) in [7, 11) is 5.19. The van der Waals surface area contributed by atoms with Crippen LogP contribution < -0.4 is 20.1 Å². The van der Waals surface area contributed by atoms with Gasteiger partial charge in [-0.2, -0.15) is 11.8 Å². The number of aliphatic imine (C=N–C) groups is 1. The predicted molar refractivity (Wildman–Crippen MR) is 140 cm³/mol. The Balaban J connectivity index is 0.00000341. The summed E-state index contributed by atoms with van der Waals surface area (Å²) < 4.78 is 16.5. The van der Waals surface area contributed by atoms with Crippen LogP contribution in [0.1, 0.15) is 30.9 Å². The molecule has 1 heterocycles. The molecule has 1 aliphatic heterocycles. The Morgan fingerprint density at radius 1 is 1.23 bits per heavy atom. The number of benzene rings is 1. The van der Waals surface area contributed by atoms with E-state index in [0.717, 1.165) is 55.6 Å². The second-order valence-corrected chi connectivity index (χ2v) is 8.88. The lowest BCUT2D eigenvalue weighted by Crippen LogP contribution is -2.48. The maximum atomic E-state index is 5.58. The van der Waals surface area contributed by atoms with Crippen molar-refractivity contribution in [3.8, 4) is 11.5 Å². The van der Waals surface area contributed by atoms with Crippen molar-refractivity contribution in [2.24, 2.45) is 4.99 Å². The van der Waals surface area contributed by atoms with Crippen LogP contribution in [0.15, 0.2) is 23.2 Å². The number of hydrogen-bond acceptors (Lipinski definition) is 6. The summed E-state index contributed by atoms with van der Waals surface area (Å²) in [4.78, 5) is 6.94. The number of nitrogens with one attached hydrogen (secondary N) is 2. The number of ether oxygens (including phenoxy) is 3. The number of hydrogen-bond donors (Lipinski definition) is 2. The van der Waals surface area contributed by atoms with Gasteiger partial charge in [0.1, 0.15) is 0 Å². The van der Waals surface area contributed by atoms with Crippen molar-refractivity contribution in [2.45, 2.75) is 36.6 Å². The minimum absolute atomic E-state index is 0. The molecule has 176 valence electrons. The van der Waals surface area contributed by atoms with E-state index in [1.54, 1.807) is 14.2 Å². The topological polar surface area (TPSA) is 67.4 Å². The molecule has 7 nitrogen and oxygen atoms in total. The largest absolute Gasteiger partial charge is 0.493 e. The first kappa shape index (κ1) is 26.3. The number of halogens is 1. The quantitative estimate of drug-likeness (QED) is 0.286. The Bertz CT molecular complexity index is 703. The van der Waals surface area contributed by atoms with Gasteiger partial charge in [-0.1, -0.05) is 6.07 Å². The first-order valence-electron chi connectivity index (χ1n) is 10.7. The van der Waals surface area contributed by atoms with E-state index < -0.39 is 0 Å². The molecule has 0 aromatic heterocycles. The summed E-state index contributed by atoms with van der Waals surface area (Å²) in [5, 5.41) is 7.94. The van der Waals surface area contributed by atoms with E-state index in [0.29, 0.717) is 6.04 Å². The van der Waals surface area contributed by atoms with Gasteiger partial charge in [0.25, 0.3) is 0 Å². The molecule has 0 bridgehead atoms. The summed E-state index contributed by atoms with van der Waals surface area (Å²) in [5.74, 6) is 2.38. The predicted octanol–water partition coefficient (Wildman–Crippen LogP) is 3.14. The van der Waals surface area contributed by atoms with E-state index in [1.165, 1.54) is 24.8 Å². The average molecular weight is 565 g/mol. The van der Waals surface area contributed by atoms with Crippen LogP contribution in [0.3, 0.4) is 0 Å². The van der Waals surface area contributed by atoms with E-state index >= 15 is 0 Å². The van der Waals surface area contributed by atoms with Crippen molar-refractivity contribution < 1.29 is 14.2 Å². The van der Waals surface area contributed by atoms with Gasteiger partial charge in [0.05, 0.1) is 33.5 Å². The number of rotatable bonds is 8. The molecule has 3 unspecified atom stereocenters. The van der Waals surface area contributed by atoms with E-state index in [2.05, 4.69) is 38.9 Å². The van der Waals surface area contributed by atoms with Crippen LogP contribution in [0.25, 0.3) is 0 Å². The second kappa shape index (κ2) is 13.6. The molecule has 1 saturated heterocycles. The summed E-state index contributed by atoms with van der Waals surface area (Å²) in [6.45, 7) is 4.09. The zero-order chi connectivity index (χ0) is 21.3. The molecule has 1 aromatic rings. The third-order valence-corrected chi connectivity index (χ3v) is 7.12. The van der Waals surface area contributed by atoms with Gasteiger partial charge in [-0.15, -0.1) is 24.0 Å². The Kier molecular flexibility index (Phi) is 11.6. The summed E-state index contributed by atoms with van der Waals surface area (Å²) in [6.07, 6.45) is 5.88. The molecule has 31 heavy (non-hydrogen) atoms. The molecule has 0 radical (unpaired) electrons. The molecular weight excluding hydrogens is 527 g/mol. The van der Waals surface area contributed by atoms with Crippen LogP contribution in [-0.2, 0) is 4.74 Å². The lowest BCUT2D eigenvalue weighted by molar-refractivity contribution is 0.0169. The first-order chi connectivity index (χ1) is 14.7. The fraction of sp³-hybridized carbons (Fsp3) is 0.682. The summed E-state index contributed by atoms with van der Waals surface area (Å²) >= 11 is 1.97. The molecule has 2 fully saturated rings. The Morgan fingerprint density at radius 2 is 1.97 bits per heavy atom. The standard InChI is InChI=1S/C22H36N4O3S.HI/c1-23-22(25-17-6-7-18(14-17)30-4)24-15-19(26-9-11-29-12-10-26)16-5-8-20(27-2)21(13-16)28-3;/h5,8,13,17-19H,6-7,9-12,14-15H2,1-4H3,(H2,23,24,25);1H. The SMILES string of the molecule is CN=C(NCC(c1ccc(OC)c(OC)c1)N1CCOCC1)NC1CCC(SC)C1.I. The smallest absolute Gasteiger partial charge is 0.191 e. The molecule has 2 N–H and O–H groups in total. The molecule has 1 saturated carbocycles. The van der Waals surface area contributed by atoms with Gasteiger partial charge >= 0.3 is 0 Å². The van der Waals surface area contributed by atoms with E-state index in [-0.39, 0.29) is 30.0 Å². The van der Waals surface area contributed by atoms with Gasteiger partial charge in [-0.05, 0) is 43.2 Å². The van der Waals surface area contributed by atoms with Crippen LogP contribution in [0.2, 0.25) is 0 Å². The fourth-order valence-corrected chi connectivity index (χ4v) is 5.07.